The minimum atomic E-state index is -0.218. The highest BCUT2D eigenvalue weighted by Crippen LogP contribution is 2.62. The first kappa shape index (κ1) is 25.9. The van der Waals surface area contributed by atoms with Crippen molar-refractivity contribution in [3.63, 3.8) is 0 Å². The van der Waals surface area contributed by atoms with Crippen LogP contribution >= 0.6 is 7.92 Å². The summed E-state index contributed by atoms with van der Waals surface area (Å²) in [6.07, 6.45) is 10.1. The predicted molar refractivity (Wildman–Crippen MR) is 153 cm³/mol. The molecule has 2 aliphatic carbocycles. The molecule has 3 atom stereocenters. The SMILES string of the molecule is CC(C)C1CC(C(C)C)C(P(c2ccccc2-c2ccccc2)C2CCCCC2)C(C(C)C)C1. The van der Waals surface area contributed by atoms with E-state index in [0.29, 0.717) is 0 Å². The van der Waals surface area contributed by atoms with Crippen LogP contribution in [-0.2, 0) is 0 Å². The van der Waals surface area contributed by atoms with Crippen molar-refractivity contribution in [2.45, 2.75) is 97.8 Å². The van der Waals surface area contributed by atoms with Crippen LogP contribution in [0.4, 0.5) is 0 Å². The molecule has 0 saturated heterocycles. The molecule has 0 N–H and O–H groups in total. The fraction of sp³-hybridized carbons (Fsp3) is 0.636. The van der Waals surface area contributed by atoms with E-state index in [1.807, 2.05) is 0 Å². The summed E-state index contributed by atoms with van der Waals surface area (Å²) < 4.78 is 0. The second-order valence-corrected chi connectivity index (χ2v) is 15.0. The van der Waals surface area contributed by atoms with Gasteiger partial charge in [-0.1, -0.05) is 123 Å². The van der Waals surface area contributed by atoms with Gasteiger partial charge in [0, 0.05) is 0 Å². The van der Waals surface area contributed by atoms with E-state index in [-0.39, 0.29) is 7.92 Å². The van der Waals surface area contributed by atoms with Gasteiger partial charge in [-0.05, 0) is 88.9 Å². The summed E-state index contributed by atoms with van der Waals surface area (Å²) >= 11 is 0. The van der Waals surface area contributed by atoms with E-state index in [0.717, 1.165) is 46.8 Å². The van der Waals surface area contributed by atoms with Crippen LogP contribution in [0.2, 0.25) is 0 Å². The van der Waals surface area contributed by atoms with Crippen LogP contribution < -0.4 is 5.30 Å². The zero-order chi connectivity index (χ0) is 24.2. The Morgan fingerprint density at radius 2 is 1.21 bits per heavy atom. The quantitative estimate of drug-likeness (QED) is 0.349. The van der Waals surface area contributed by atoms with E-state index in [4.69, 9.17) is 0 Å². The molecule has 0 aromatic heterocycles. The lowest BCUT2D eigenvalue weighted by Crippen LogP contribution is -2.45. The molecule has 34 heavy (non-hydrogen) atoms. The van der Waals surface area contributed by atoms with Crippen molar-refractivity contribution in [1.82, 2.24) is 0 Å². The first-order chi connectivity index (χ1) is 16.4. The van der Waals surface area contributed by atoms with Gasteiger partial charge < -0.3 is 0 Å². The van der Waals surface area contributed by atoms with Gasteiger partial charge in [-0.25, -0.2) is 0 Å². The molecule has 2 fully saturated rings. The maximum absolute atomic E-state index is 2.55. The highest BCUT2D eigenvalue weighted by Gasteiger charge is 2.47. The molecule has 0 bridgehead atoms. The molecular weight excluding hydrogens is 427 g/mol. The Balaban J connectivity index is 1.86. The molecule has 2 saturated carbocycles. The first-order valence-electron chi connectivity index (χ1n) is 14.3. The predicted octanol–water partition coefficient (Wildman–Crippen LogP) is 9.77. The highest BCUT2D eigenvalue weighted by molar-refractivity contribution is 7.67. The second kappa shape index (κ2) is 11.7. The summed E-state index contributed by atoms with van der Waals surface area (Å²) in [6, 6.07) is 20.9. The summed E-state index contributed by atoms with van der Waals surface area (Å²) in [4.78, 5) is 0. The summed E-state index contributed by atoms with van der Waals surface area (Å²) in [7, 11) is -0.218. The van der Waals surface area contributed by atoms with Gasteiger partial charge in [0.25, 0.3) is 0 Å². The summed E-state index contributed by atoms with van der Waals surface area (Å²) in [5.74, 6) is 4.94. The van der Waals surface area contributed by atoms with Crippen molar-refractivity contribution in [2.75, 3.05) is 0 Å². The van der Waals surface area contributed by atoms with E-state index < -0.39 is 0 Å². The number of benzene rings is 2. The lowest BCUT2D eigenvalue weighted by atomic mass is 9.65. The average Bonchev–Trinajstić information content (AvgIpc) is 2.85. The summed E-state index contributed by atoms with van der Waals surface area (Å²) in [5, 5.41) is 1.72. The lowest BCUT2D eigenvalue weighted by molar-refractivity contribution is 0.108. The van der Waals surface area contributed by atoms with E-state index in [2.05, 4.69) is 96.1 Å². The van der Waals surface area contributed by atoms with Gasteiger partial charge in [-0.15, -0.1) is 0 Å². The van der Waals surface area contributed by atoms with Crippen molar-refractivity contribution < 1.29 is 0 Å². The zero-order valence-electron chi connectivity index (χ0n) is 22.7. The third-order valence-electron chi connectivity index (χ3n) is 9.24. The van der Waals surface area contributed by atoms with Gasteiger partial charge >= 0.3 is 0 Å². The second-order valence-electron chi connectivity index (χ2n) is 12.4. The number of hydrogen-bond acceptors (Lipinski definition) is 0. The van der Waals surface area contributed by atoms with Crippen molar-refractivity contribution in [2.24, 2.45) is 35.5 Å². The third kappa shape index (κ3) is 5.64. The Morgan fingerprint density at radius 1 is 0.647 bits per heavy atom. The number of hydrogen-bond donors (Lipinski definition) is 0. The van der Waals surface area contributed by atoms with Crippen LogP contribution in [0, 0.1) is 35.5 Å². The fourth-order valence-electron chi connectivity index (χ4n) is 7.20. The molecule has 0 spiro atoms. The lowest BCUT2D eigenvalue weighted by Gasteiger charge is -2.52. The molecule has 1 heteroatoms. The van der Waals surface area contributed by atoms with Crippen LogP contribution in [0.5, 0.6) is 0 Å². The van der Waals surface area contributed by atoms with Gasteiger partial charge in [0.2, 0.25) is 0 Å². The Labute approximate surface area is 212 Å². The molecular formula is C33H49P. The van der Waals surface area contributed by atoms with Crippen LogP contribution in [0.3, 0.4) is 0 Å². The maximum Gasteiger partial charge on any atom is -0.0104 e. The molecule has 2 aromatic rings. The summed E-state index contributed by atoms with van der Waals surface area (Å²) in [5.41, 5.74) is 4.70. The largest absolute Gasteiger partial charge is 0.0677 e. The topological polar surface area (TPSA) is 0 Å². The molecule has 2 aliphatic rings. The number of rotatable bonds is 7. The van der Waals surface area contributed by atoms with Crippen molar-refractivity contribution in [1.29, 1.82) is 0 Å². The molecule has 0 radical (unpaired) electrons. The van der Waals surface area contributed by atoms with Gasteiger partial charge in [-0.2, -0.15) is 0 Å². The first-order valence-corrected chi connectivity index (χ1v) is 15.8. The van der Waals surface area contributed by atoms with Crippen LogP contribution in [-0.4, -0.2) is 11.3 Å². The smallest absolute Gasteiger partial charge is 0.0104 e. The van der Waals surface area contributed by atoms with Crippen LogP contribution in [0.25, 0.3) is 11.1 Å². The van der Waals surface area contributed by atoms with E-state index in [1.54, 1.807) is 5.30 Å². The molecule has 3 unspecified atom stereocenters. The molecule has 4 rings (SSSR count). The zero-order valence-corrected chi connectivity index (χ0v) is 23.6. The minimum Gasteiger partial charge on any atom is -0.0677 e. The van der Waals surface area contributed by atoms with Crippen molar-refractivity contribution >= 4 is 13.2 Å². The van der Waals surface area contributed by atoms with Crippen molar-refractivity contribution in [3.8, 4) is 11.1 Å². The van der Waals surface area contributed by atoms with Crippen LogP contribution in [0.1, 0.15) is 86.5 Å². The third-order valence-corrected chi connectivity index (χ3v) is 12.9. The Hall–Kier alpha value is -1.13. The van der Waals surface area contributed by atoms with E-state index >= 15 is 0 Å². The monoisotopic (exact) mass is 476 g/mol. The van der Waals surface area contributed by atoms with Gasteiger partial charge in [-0.3, -0.25) is 0 Å². The highest BCUT2D eigenvalue weighted by atomic mass is 31.1. The Kier molecular flexibility index (Phi) is 8.96. The van der Waals surface area contributed by atoms with E-state index in [9.17, 15) is 0 Å². The molecule has 2 aromatic carbocycles. The normalized spacial score (nSPS) is 27.4. The average molecular weight is 477 g/mol. The summed E-state index contributed by atoms with van der Waals surface area (Å²) in [6.45, 7) is 15.1. The van der Waals surface area contributed by atoms with Gasteiger partial charge in [0.05, 0.1) is 0 Å². The molecule has 0 aliphatic heterocycles. The molecule has 0 heterocycles. The minimum absolute atomic E-state index is 0.218. The maximum atomic E-state index is 2.55. The molecule has 186 valence electrons. The van der Waals surface area contributed by atoms with Crippen molar-refractivity contribution in [3.05, 3.63) is 54.6 Å². The van der Waals surface area contributed by atoms with E-state index in [1.165, 1.54) is 56.1 Å². The Morgan fingerprint density at radius 3 is 1.76 bits per heavy atom. The van der Waals surface area contributed by atoms with Gasteiger partial charge in [0.15, 0.2) is 0 Å². The fourth-order valence-corrected chi connectivity index (χ4v) is 11.8. The molecule has 0 amide bonds. The van der Waals surface area contributed by atoms with Crippen LogP contribution in [0.15, 0.2) is 54.6 Å². The standard InChI is InChI=1S/C33H49P/c1-23(2)27-21-30(24(3)4)33(31(22-27)25(5)6)34(28-17-11-8-12-18-28)32-20-14-13-19-29(32)26-15-9-7-10-16-26/h7,9-10,13-16,19-20,23-25,27-28,30-31,33H,8,11-12,17-18,21-22H2,1-6H3. The Bertz CT molecular complexity index is 858. The van der Waals surface area contributed by atoms with Gasteiger partial charge in [0.1, 0.15) is 0 Å². The molecule has 0 nitrogen and oxygen atoms in total.